The van der Waals surface area contributed by atoms with Gasteiger partial charge in [-0.15, -0.1) is 0 Å². The van der Waals surface area contributed by atoms with Gasteiger partial charge in [-0.2, -0.15) is 0 Å². The van der Waals surface area contributed by atoms with E-state index in [9.17, 15) is 0 Å². The van der Waals surface area contributed by atoms with Crippen LogP contribution in [0.3, 0.4) is 0 Å². The summed E-state index contributed by atoms with van der Waals surface area (Å²) in [7, 11) is 0. The molecular formula is C62H38N4. The van der Waals surface area contributed by atoms with E-state index in [1.54, 1.807) is 0 Å². The molecule has 0 radical (unpaired) electrons. The van der Waals surface area contributed by atoms with Crippen LogP contribution < -0.4 is 0 Å². The highest BCUT2D eigenvalue weighted by Gasteiger charge is 2.19. The number of rotatable bonds is 6. The molecule has 0 aliphatic carbocycles. The summed E-state index contributed by atoms with van der Waals surface area (Å²) in [6.07, 6.45) is 0. The van der Waals surface area contributed by atoms with Gasteiger partial charge in [-0.05, 0) is 83.5 Å². The van der Waals surface area contributed by atoms with Crippen molar-refractivity contribution in [1.82, 2.24) is 19.9 Å². The summed E-state index contributed by atoms with van der Waals surface area (Å²) in [6, 6.07) is 81.9. The van der Waals surface area contributed by atoms with E-state index in [0.717, 1.165) is 82.5 Å². The smallest absolute Gasteiger partial charge is 0.164 e. The summed E-state index contributed by atoms with van der Waals surface area (Å²) in [5.74, 6) is 1.93. The lowest BCUT2D eigenvalue weighted by Gasteiger charge is -2.16. The van der Waals surface area contributed by atoms with Gasteiger partial charge in [0.1, 0.15) is 0 Å². The van der Waals surface area contributed by atoms with Crippen LogP contribution in [0.5, 0.6) is 0 Å². The van der Waals surface area contributed by atoms with Crippen molar-refractivity contribution in [1.29, 1.82) is 0 Å². The maximum Gasteiger partial charge on any atom is 0.164 e. The maximum atomic E-state index is 5.36. The Bertz CT molecular complexity index is 3940. The molecule has 0 saturated heterocycles. The lowest BCUT2D eigenvalue weighted by molar-refractivity contribution is 1.08. The van der Waals surface area contributed by atoms with Gasteiger partial charge in [0.2, 0.25) is 0 Å². The van der Waals surface area contributed by atoms with Crippen LogP contribution in [0.15, 0.2) is 231 Å². The molecule has 66 heavy (non-hydrogen) atoms. The van der Waals surface area contributed by atoms with E-state index in [4.69, 9.17) is 19.9 Å². The lowest BCUT2D eigenvalue weighted by atomic mass is 9.89. The zero-order valence-electron chi connectivity index (χ0n) is 35.7. The van der Waals surface area contributed by atoms with E-state index < -0.39 is 0 Å². The van der Waals surface area contributed by atoms with Crippen molar-refractivity contribution in [2.24, 2.45) is 0 Å². The zero-order chi connectivity index (χ0) is 43.6. The van der Waals surface area contributed by atoms with Gasteiger partial charge >= 0.3 is 0 Å². The summed E-state index contributed by atoms with van der Waals surface area (Å²) in [5.41, 5.74) is 10.5. The summed E-state index contributed by atoms with van der Waals surface area (Å²) in [6.45, 7) is 0. The van der Waals surface area contributed by atoms with Crippen molar-refractivity contribution < 1.29 is 0 Å². The summed E-state index contributed by atoms with van der Waals surface area (Å²) < 4.78 is 0. The Morgan fingerprint density at radius 1 is 0.227 bits per heavy atom. The van der Waals surface area contributed by atoms with E-state index in [1.807, 2.05) is 0 Å². The zero-order valence-corrected chi connectivity index (χ0v) is 35.7. The average Bonchev–Trinajstić information content (AvgIpc) is 3.39. The molecular weight excluding hydrogens is 801 g/mol. The van der Waals surface area contributed by atoms with Crippen LogP contribution in [-0.2, 0) is 0 Å². The highest BCUT2D eigenvalue weighted by atomic mass is 15.0. The summed E-state index contributed by atoms with van der Waals surface area (Å²) in [4.78, 5) is 20.8. The first-order chi connectivity index (χ1) is 32.7. The van der Waals surface area contributed by atoms with Crippen LogP contribution >= 0.6 is 0 Å². The van der Waals surface area contributed by atoms with Crippen molar-refractivity contribution >= 4 is 64.8 Å². The number of para-hydroxylation sites is 1. The van der Waals surface area contributed by atoms with Crippen molar-refractivity contribution in [2.45, 2.75) is 0 Å². The van der Waals surface area contributed by atoms with E-state index >= 15 is 0 Å². The van der Waals surface area contributed by atoms with E-state index in [2.05, 4.69) is 231 Å². The van der Waals surface area contributed by atoms with Crippen molar-refractivity contribution in [3.05, 3.63) is 231 Å². The van der Waals surface area contributed by atoms with Gasteiger partial charge in [0.05, 0.1) is 11.2 Å². The number of aromatic nitrogens is 4. The second-order valence-corrected chi connectivity index (χ2v) is 16.9. The first-order valence-corrected chi connectivity index (χ1v) is 22.4. The van der Waals surface area contributed by atoms with Crippen LogP contribution in [0.2, 0.25) is 0 Å². The van der Waals surface area contributed by atoms with Gasteiger partial charge in [0.25, 0.3) is 0 Å². The van der Waals surface area contributed by atoms with Gasteiger partial charge in [-0.25, -0.2) is 19.9 Å². The number of fused-ring (bicyclic) bond motifs is 8. The number of hydrogen-bond donors (Lipinski definition) is 0. The second-order valence-electron chi connectivity index (χ2n) is 16.9. The largest absolute Gasteiger partial charge is 0.247 e. The number of nitrogens with zero attached hydrogens (tertiary/aromatic N) is 4. The van der Waals surface area contributed by atoms with Crippen LogP contribution in [0.1, 0.15) is 0 Å². The minimum absolute atomic E-state index is 0.631. The first kappa shape index (κ1) is 37.7. The lowest BCUT2D eigenvalue weighted by Crippen LogP contribution is -2.01. The van der Waals surface area contributed by atoms with Gasteiger partial charge in [-0.3, -0.25) is 0 Å². The topological polar surface area (TPSA) is 51.6 Å². The molecule has 0 bridgehead atoms. The monoisotopic (exact) mass is 838 g/mol. The highest BCUT2D eigenvalue weighted by molar-refractivity contribution is 6.25. The standard InChI is InChI=1S/C62H38N4/c1-2-16-46-37-47(36-31-39(46)13-1)59-56-38-55(50-21-7-8-22-51(50)58(56)54-23-9-10-26-57(54)63-59)44-32-27-40(28-33-44)41-29-34-45(35-30-41)60-64-61(52-24-11-17-42-14-3-5-19-48(42)52)66-62(65-60)53-25-12-18-43-15-4-6-20-49(43)53/h1-38H. The van der Waals surface area contributed by atoms with Crippen molar-refractivity contribution in [2.75, 3.05) is 0 Å². The molecule has 4 nitrogen and oxygen atoms in total. The van der Waals surface area contributed by atoms with Gasteiger partial charge in [-0.1, -0.05) is 212 Å². The molecule has 0 fully saturated rings. The highest BCUT2D eigenvalue weighted by Crippen LogP contribution is 2.43. The van der Waals surface area contributed by atoms with E-state index in [1.165, 1.54) is 32.5 Å². The molecule has 306 valence electrons. The normalized spacial score (nSPS) is 11.6. The molecule has 11 aromatic carbocycles. The number of pyridine rings is 1. The Labute approximate surface area is 381 Å². The maximum absolute atomic E-state index is 5.36. The molecule has 2 heterocycles. The Kier molecular flexibility index (Phi) is 8.81. The third-order valence-corrected chi connectivity index (χ3v) is 13.1. The molecule has 0 amide bonds. The van der Waals surface area contributed by atoms with Crippen LogP contribution in [-0.4, -0.2) is 19.9 Å². The van der Waals surface area contributed by atoms with Crippen molar-refractivity contribution in [3.63, 3.8) is 0 Å². The van der Waals surface area contributed by atoms with Crippen molar-refractivity contribution in [3.8, 4) is 67.7 Å². The summed E-state index contributed by atoms with van der Waals surface area (Å²) in [5, 5.41) is 12.9. The molecule has 4 heteroatoms. The first-order valence-electron chi connectivity index (χ1n) is 22.4. The van der Waals surface area contributed by atoms with Gasteiger partial charge in [0, 0.05) is 38.4 Å². The quantitative estimate of drug-likeness (QED) is 0.157. The fourth-order valence-corrected chi connectivity index (χ4v) is 9.85. The predicted molar refractivity (Wildman–Crippen MR) is 275 cm³/mol. The molecule has 0 unspecified atom stereocenters. The van der Waals surface area contributed by atoms with E-state index in [0.29, 0.717) is 17.5 Å². The molecule has 0 aliphatic heterocycles. The Morgan fingerprint density at radius 2 is 0.697 bits per heavy atom. The van der Waals surface area contributed by atoms with Gasteiger partial charge in [0.15, 0.2) is 17.5 Å². The van der Waals surface area contributed by atoms with Crippen LogP contribution in [0, 0.1) is 0 Å². The fraction of sp³-hybridized carbons (Fsp3) is 0. The molecule has 2 aromatic heterocycles. The Hall–Kier alpha value is -8.86. The average molecular weight is 839 g/mol. The number of benzene rings is 11. The molecule has 13 aromatic rings. The third kappa shape index (κ3) is 6.38. The summed E-state index contributed by atoms with van der Waals surface area (Å²) >= 11 is 0. The molecule has 0 spiro atoms. The third-order valence-electron chi connectivity index (χ3n) is 13.1. The fourth-order valence-electron chi connectivity index (χ4n) is 9.85. The minimum Gasteiger partial charge on any atom is -0.247 e. The van der Waals surface area contributed by atoms with Gasteiger partial charge < -0.3 is 0 Å². The molecule has 13 rings (SSSR count). The second kappa shape index (κ2) is 15.4. The van der Waals surface area contributed by atoms with Crippen LogP contribution in [0.25, 0.3) is 132 Å². The minimum atomic E-state index is 0.631. The SMILES string of the molecule is c1ccc2cc(-c3nc4ccccc4c4c3cc(-c3ccc(-c5ccc(-c6nc(-c7cccc8ccccc78)nc(-c7cccc8ccccc78)n6)cc5)cc3)c3ccccc34)ccc2c1. The molecule has 0 saturated carbocycles. The number of hydrogen-bond acceptors (Lipinski definition) is 4. The molecule has 0 N–H and O–H groups in total. The van der Waals surface area contributed by atoms with Crippen LogP contribution in [0.4, 0.5) is 0 Å². The van der Waals surface area contributed by atoms with E-state index in [-0.39, 0.29) is 0 Å². The molecule has 0 atom stereocenters. The molecule has 0 aliphatic rings. The Balaban J connectivity index is 0.903. The Morgan fingerprint density at radius 3 is 1.35 bits per heavy atom. The predicted octanol–water partition coefficient (Wildman–Crippen LogP) is 16.2.